The van der Waals surface area contributed by atoms with Gasteiger partial charge in [0.15, 0.2) is 11.2 Å². The maximum atomic E-state index is 14.7. The molecule has 10 aliphatic rings. The number of alkyl halides is 6. The van der Waals surface area contributed by atoms with Gasteiger partial charge in [-0.1, -0.05) is 13.8 Å². The second-order valence-electron chi connectivity index (χ2n) is 15.1. The van der Waals surface area contributed by atoms with Crippen molar-refractivity contribution >= 4 is 11.8 Å². The molecule has 10 rings (SSSR count). The zero-order valence-corrected chi connectivity index (χ0v) is 27.4. The molecule has 2 spiro atoms. The van der Waals surface area contributed by atoms with Crippen LogP contribution in [0.25, 0.3) is 0 Å². The van der Waals surface area contributed by atoms with Crippen LogP contribution in [0.5, 0.6) is 0 Å². The summed E-state index contributed by atoms with van der Waals surface area (Å²) >= 11 is 0.978. The third-order valence-electron chi connectivity index (χ3n) is 12.3. The summed E-state index contributed by atoms with van der Waals surface area (Å²) in [5.74, 6) is -6.99. The number of allylic oxidation sites excluding steroid dienone is 2. The van der Waals surface area contributed by atoms with Crippen molar-refractivity contribution in [3.63, 3.8) is 0 Å². The molecule has 47 heavy (non-hydrogen) atoms. The summed E-state index contributed by atoms with van der Waals surface area (Å²) in [7, 11) is 0. The Morgan fingerprint density at radius 2 is 1.02 bits per heavy atom. The second kappa shape index (κ2) is 10.6. The van der Waals surface area contributed by atoms with Gasteiger partial charge in [0.05, 0.1) is 0 Å². The Hall–Kier alpha value is -1.23. The van der Waals surface area contributed by atoms with Gasteiger partial charge in [-0.2, -0.15) is 38.1 Å². The lowest BCUT2D eigenvalue weighted by Crippen LogP contribution is -2.67. The van der Waals surface area contributed by atoms with Gasteiger partial charge in [-0.05, 0) is 75.4 Å². The van der Waals surface area contributed by atoms with E-state index in [0.29, 0.717) is 51.4 Å². The van der Waals surface area contributed by atoms with Crippen molar-refractivity contribution in [1.29, 1.82) is 0 Å². The maximum absolute atomic E-state index is 14.7. The van der Waals surface area contributed by atoms with Crippen molar-refractivity contribution in [2.75, 3.05) is 11.5 Å². The number of hydrogen-bond donors (Lipinski definition) is 0. The van der Waals surface area contributed by atoms with Gasteiger partial charge in [0.2, 0.25) is 35.7 Å². The SMILES string of the molecule is C[C@@H]1CC[C@H]2C(CSCC3=C(C(F)(F)F)O[C@@H]4OC5(C)CCC6[C@H](C)CC[C@@H]3[C@]64OO5)=C(C(F)(F)F)O[C@@H]3OC4(C)CCC1[C@]32OO4. The van der Waals surface area contributed by atoms with Crippen molar-refractivity contribution in [3.8, 4) is 0 Å². The smallest absolute Gasteiger partial charge is 0.449 e. The normalized spacial score (nSPS) is 49.1. The van der Waals surface area contributed by atoms with E-state index >= 15 is 0 Å². The Labute approximate surface area is 273 Å². The molecule has 0 amide bonds. The van der Waals surface area contributed by atoms with Crippen LogP contribution < -0.4 is 0 Å². The summed E-state index contributed by atoms with van der Waals surface area (Å²) in [6.45, 7) is 7.35. The number of hydrogen-bond acceptors (Lipinski definition) is 9. The molecule has 0 aromatic heterocycles. The summed E-state index contributed by atoms with van der Waals surface area (Å²) in [5, 5.41) is 0. The molecule has 0 aromatic rings. The van der Waals surface area contributed by atoms with E-state index in [0.717, 1.165) is 11.8 Å². The minimum Gasteiger partial charge on any atom is -0.456 e. The van der Waals surface area contributed by atoms with Crippen LogP contribution in [0.15, 0.2) is 22.7 Å². The fraction of sp³-hybridized carbons (Fsp3) is 0.875. The third kappa shape index (κ3) is 4.79. The standard InChI is InChI=1S/C32H40F6O8S/c1-15-5-7-21-17(23(31(33,34)35)39-25-29(21)19(15)9-11-27(3,41-25)43-45-29)13-47-14-18-22-8-6-16(2)20-10-12-28(4)42-26(30(20,22)46-44-28)40-24(18)32(36,37)38/h15-16,19-22,25-26H,5-14H2,1-4H3/t15-,16-,19?,20?,21+,22+,25-,26-,27?,28?,29-,30-/m1/s1. The molecule has 4 bridgehead atoms. The van der Waals surface area contributed by atoms with E-state index < -0.39 is 71.1 Å². The molecule has 8 fully saturated rings. The molecule has 0 radical (unpaired) electrons. The summed E-state index contributed by atoms with van der Waals surface area (Å²) in [5.41, 5.74) is -2.70. The molecule has 8 nitrogen and oxygen atoms in total. The molecule has 0 N–H and O–H groups in total. The number of rotatable bonds is 4. The van der Waals surface area contributed by atoms with Crippen molar-refractivity contribution < 1.29 is 64.8 Å². The van der Waals surface area contributed by atoms with E-state index in [4.69, 9.17) is 38.5 Å². The van der Waals surface area contributed by atoms with Gasteiger partial charge in [0, 0.05) is 48.0 Å². The Morgan fingerprint density at radius 1 is 0.617 bits per heavy atom. The molecule has 2 saturated carbocycles. The van der Waals surface area contributed by atoms with Crippen LogP contribution in [-0.4, -0.2) is 59.2 Å². The zero-order chi connectivity index (χ0) is 33.4. The van der Waals surface area contributed by atoms with Crippen LogP contribution >= 0.6 is 11.8 Å². The highest BCUT2D eigenvalue weighted by molar-refractivity contribution is 7.99. The lowest BCUT2D eigenvalue weighted by atomic mass is 9.59. The largest absolute Gasteiger partial charge is 0.456 e. The average molecular weight is 699 g/mol. The van der Waals surface area contributed by atoms with Gasteiger partial charge in [0.25, 0.3) is 0 Å². The number of thioether (sulfide) groups is 1. The van der Waals surface area contributed by atoms with E-state index in [1.54, 1.807) is 13.8 Å². The fourth-order valence-electron chi connectivity index (χ4n) is 10.1. The zero-order valence-electron chi connectivity index (χ0n) is 26.6. The monoisotopic (exact) mass is 698 g/mol. The van der Waals surface area contributed by atoms with Gasteiger partial charge < -0.3 is 18.9 Å². The predicted molar refractivity (Wildman–Crippen MR) is 151 cm³/mol. The Kier molecular flexibility index (Phi) is 7.46. The summed E-state index contributed by atoms with van der Waals surface area (Å²) in [6.07, 6.45) is -8.26. The molecule has 6 saturated heterocycles. The molecule has 15 heteroatoms. The second-order valence-corrected chi connectivity index (χ2v) is 16.1. The molecule has 264 valence electrons. The molecule has 8 aliphatic heterocycles. The summed E-state index contributed by atoms with van der Waals surface area (Å²) in [4.78, 5) is 23.6. The minimum atomic E-state index is -4.85. The van der Waals surface area contributed by atoms with Gasteiger partial charge in [-0.3, -0.25) is 0 Å². The van der Waals surface area contributed by atoms with E-state index in [1.807, 2.05) is 13.8 Å². The first-order chi connectivity index (χ1) is 22.0. The summed E-state index contributed by atoms with van der Waals surface area (Å²) in [6, 6.07) is 0. The lowest BCUT2D eigenvalue weighted by Gasteiger charge is -2.58. The van der Waals surface area contributed by atoms with E-state index in [-0.39, 0.29) is 46.3 Å². The molecular weight excluding hydrogens is 658 g/mol. The van der Waals surface area contributed by atoms with Gasteiger partial charge in [-0.15, -0.1) is 0 Å². The van der Waals surface area contributed by atoms with Crippen LogP contribution in [0.2, 0.25) is 0 Å². The lowest BCUT2D eigenvalue weighted by molar-refractivity contribution is -0.557. The molecule has 2 aliphatic carbocycles. The average Bonchev–Trinajstić information content (AvgIpc) is 3.36. The van der Waals surface area contributed by atoms with Crippen molar-refractivity contribution in [2.45, 2.75) is 127 Å². The first-order valence-corrected chi connectivity index (χ1v) is 17.8. The topological polar surface area (TPSA) is 73.8 Å². The fourth-order valence-corrected chi connectivity index (χ4v) is 11.3. The van der Waals surface area contributed by atoms with Crippen molar-refractivity contribution in [2.24, 2.45) is 35.5 Å². The Balaban J connectivity index is 1.15. The number of fused-ring (bicyclic) bond motifs is 4. The van der Waals surface area contributed by atoms with Crippen LogP contribution in [0, 0.1) is 35.5 Å². The molecule has 4 unspecified atom stereocenters. The van der Waals surface area contributed by atoms with Crippen LogP contribution in [0.3, 0.4) is 0 Å². The first kappa shape index (κ1) is 32.9. The quantitative estimate of drug-likeness (QED) is 0.216. The van der Waals surface area contributed by atoms with Gasteiger partial charge >= 0.3 is 12.4 Å². The molecule has 8 heterocycles. The van der Waals surface area contributed by atoms with E-state index in [1.165, 1.54) is 0 Å². The highest BCUT2D eigenvalue weighted by Crippen LogP contribution is 2.64. The molecule has 12 atom stereocenters. The molecular formula is C32H40F6O8S. The number of halogens is 6. The molecule has 0 aromatic carbocycles. The maximum Gasteiger partial charge on any atom is 0.449 e. The van der Waals surface area contributed by atoms with Gasteiger partial charge in [0.1, 0.15) is 0 Å². The third-order valence-corrected chi connectivity index (χ3v) is 13.4. The van der Waals surface area contributed by atoms with E-state index in [2.05, 4.69) is 0 Å². The highest BCUT2D eigenvalue weighted by Gasteiger charge is 2.72. The van der Waals surface area contributed by atoms with Crippen LogP contribution in [-0.2, 0) is 38.5 Å². The Bertz CT molecular complexity index is 1270. The highest BCUT2D eigenvalue weighted by atomic mass is 32.2. The Morgan fingerprint density at radius 3 is 1.40 bits per heavy atom. The van der Waals surface area contributed by atoms with Crippen molar-refractivity contribution in [3.05, 3.63) is 22.7 Å². The van der Waals surface area contributed by atoms with E-state index in [9.17, 15) is 26.3 Å². The van der Waals surface area contributed by atoms with Gasteiger partial charge in [-0.25, -0.2) is 19.6 Å². The summed E-state index contributed by atoms with van der Waals surface area (Å²) < 4.78 is 112. The first-order valence-electron chi connectivity index (χ1n) is 16.6. The van der Waals surface area contributed by atoms with Crippen molar-refractivity contribution in [1.82, 2.24) is 0 Å². The minimum absolute atomic E-state index is 0.0451. The van der Waals surface area contributed by atoms with Crippen LogP contribution in [0.4, 0.5) is 26.3 Å². The predicted octanol–water partition coefficient (Wildman–Crippen LogP) is 7.84. The number of ether oxygens (including phenoxy) is 4. The van der Waals surface area contributed by atoms with Crippen LogP contribution in [0.1, 0.15) is 79.1 Å².